The average Bonchev–Trinajstić information content (AvgIpc) is 2.82. The number of benzene rings is 3. The molecule has 0 spiro atoms. The van der Waals surface area contributed by atoms with Crippen LogP contribution in [0.15, 0.2) is 71.8 Å². The van der Waals surface area contributed by atoms with Gasteiger partial charge in [-0.1, -0.05) is 53.6 Å². The molecule has 3 aromatic carbocycles. The van der Waals surface area contributed by atoms with E-state index in [9.17, 15) is 18.0 Å². The summed E-state index contributed by atoms with van der Waals surface area (Å²) in [6, 6.07) is 19.0. The SMILES string of the molecule is Cc1cccc(/C=N/NC(=O)c2cc(Cl)ccc2NC(=O)c2cccc(CSCCS(=O)(=O)O)c2)c1. The molecule has 0 aliphatic heterocycles. The van der Waals surface area contributed by atoms with Crippen molar-refractivity contribution in [3.05, 3.63) is 99.6 Å². The summed E-state index contributed by atoms with van der Waals surface area (Å²) in [5, 5.41) is 7.05. The van der Waals surface area contributed by atoms with Crippen molar-refractivity contribution in [1.29, 1.82) is 0 Å². The number of carbonyl (C=O) groups excluding carboxylic acids is 2. The van der Waals surface area contributed by atoms with E-state index in [-0.39, 0.29) is 22.8 Å². The third kappa shape index (κ3) is 8.80. The molecule has 3 N–H and O–H groups in total. The summed E-state index contributed by atoms with van der Waals surface area (Å²) >= 11 is 7.40. The lowest BCUT2D eigenvalue weighted by Crippen LogP contribution is -2.21. The lowest BCUT2D eigenvalue weighted by molar-refractivity contribution is 0.0956. The van der Waals surface area contributed by atoms with E-state index < -0.39 is 21.9 Å². The summed E-state index contributed by atoms with van der Waals surface area (Å²) in [6.07, 6.45) is 1.52. The van der Waals surface area contributed by atoms with Crippen molar-refractivity contribution >= 4 is 57.2 Å². The molecule has 3 rings (SSSR count). The molecule has 8 nitrogen and oxygen atoms in total. The molecule has 0 bridgehead atoms. The van der Waals surface area contributed by atoms with Crippen LogP contribution in [0.2, 0.25) is 5.02 Å². The molecule has 2 amide bonds. The number of nitrogens with one attached hydrogen (secondary N) is 2. The summed E-state index contributed by atoms with van der Waals surface area (Å²) in [4.78, 5) is 25.7. The van der Waals surface area contributed by atoms with E-state index in [4.69, 9.17) is 16.2 Å². The van der Waals surface area contributed by atoms with Crippen LogP contribution in [0.1, 0.15) is 37.4 Å². The number of hydrogen-bond acceptors (Lipinski definition) is 6. The van der Waals surface area contributed by atoms with Gasteiger partial charge in [-0.05, 0) is 48.4 Å². The first-order valence-corrected chi connectivity index (χ1v) is 13.9. The van der Waals surface area contributed by atoms with Gasteiger partial charge in [-0.2, -0.15) is 25.3 Å². The molecular formula is C25H24ClN3O5S2. The van der Waals surface area contributed by atoms with Crippen molar-refractivity contribution in [2.75, 3.05) is 16.8 Å². The molecule has 0 aliphatic carbocycles. The molecule has 0 atom stereocenters. The first kappa shape index (κ1) is 27.4. The Bertz CT molecular complexity index is 1390. The first-order valence-electron chi connectivity index (χ1n) is 10.7. The number of rotatable bonds is 10. The number of anilines is 1. The Morgan fingerprint density at radius 1 is 1.06 bits per heavy atom. The quantitative estimate of drug-likeness (QED) is 0.146. The molecule has 36 heavy (non-hydrogen) atoms. The third-order valence-corrected chi connectivity index (χ3v) is 7.08. The van der Waals surface area contributed by atoms with Gasteiger partial charge in [0.15, 0.2) is 0 Å². The van der Waals surface area contributed by atoms with Gasteiger partial charge in [-0.25, -0.2) is 5.43 Å². The van der Waals surface area contributed by atoms with Crippen LogP contribution in [-0.2, 0) is 15.9 Å². The molecule has 11 heteroatoms. The van der Waals surface area contributed by atoms with Crippen LogP contribution in [-0.4, -0.2) is 42.5 Å². The minimum absolute atomic E-state index is 0.147. The fourth-order valence-corrected chi connectivity index (χ4v) is 5.19. The highest BCUT2D eigenvalue weighted by molar-refractivity contribution is 7.99. The average molecular weight is 546 g/mol. The van der Waals surface area contributed by atoms with Crippen molar-refractivity contribution < 1.29 is 22.6 Å². The van der Waals surface area contributed by atoms with E-state index in [1.807, 2.05) is 37.3 Å². The molecule has 0 fully saturated rings. The first-order chi connectivity index (χ1) is 17.1. The Kier molecular flexibility index (Phi) is 9.65. The second-order valence-corrected chi connectivity index (χ2v) is 10.9. The number of nitrogens with zero attached hydrogens (tertiary/aromatic N) is 1. The Balaban J connectivity index is 1.67. The van der Waals surface area contributed by atoms with Gasteiger partial charge >= 0.3 is 0 Å². The molecule has 3 aromatic rings. The number of hydrogen-bond donors (Lipinski definition) is 3. The Morgan fingerprint density at radius 3 is 2.58 bits per heavy atom. The van der Waals surface area contributed by atoms with Gasteiger partial charge in [0.05, 0.1) is 23.2 Å². The highest BCUT2D eigenvalue weighted by Crippen LogP contribution is 2.22. The normalized spacial score (nSPS) is 11.4. The summed E-state index contributed by atoms with van der Waals surface area (Å²) in [7, 11) is -4.01. The molecule has 0 aliphatic rings. The molecule has 188 valence electrons. The minimum Gasteiger partial charge on any atom is -0.321 e. The number of aryl methyl sites for hydroxylation is 1. The zero-order valence-electron chi connectivity index (χ0n) is 19.3. The van der Waals surface area contributed by atoms with Gasteiger partial charge in [0.2, 0.25) is 0 Å². The largest absolute Gasteiger partial charge is 0.321 e. The zero-order chi connectivity index (χ0) is 26.1. The van der Waals surface area contributed by atoms with Crippen LogP contribution in [0, 0.1) is 6.92 Å². The molecule has 0 unspecified atom stereocenters. The van der Waals surface area contributed by atoms with Gasteiger partial charge in [0, 0.05) is 22.1 Å². The van der Waals surface area contributed by atoms with Gasteiger partial charge in [0.1, 0.15) is 0 Å². The van der Waals surface area contributed by atoms with Crippen molar-refractivity contribution in [2.24, 2.45) is 5.10 Å². The zero-order valence-corrected chi connectivity index (χ0v) is 21.7. The second-order valence-electron chi connectivity index (χ2n) is 7.80. The van der Waals surface area contributed by atoms with Crippen molar-refractivity contribution in [3.63, 3.8) is 0 Å². The van der Waals surface area contributed by atoms with E-state index in [2.05, 4.69) is 15.8 Å². The van der Waals surface area contributed by atoms with E-state index in [0.29, 0.717) is 16.3 Å². The molecule has 0 saturated heterocycles. The monoisotopic (exact) mass is 545 g/mol. The predicted octanol–water partition coefficient (Wildman–Crippen LogP) is 4.79. The molecular weight excluding hydrogens is 522 g/mol. The van der Waals surface area contributed by atoms with E-state index in [0.717, 1.165) is 16.7 Å². The second kappa shape index (κ2) is 12.7. The number of carbonyl (C=O) groups is 2. The Morgan fingerprint density at radius 2 is 1.83 bits per heavy atom. The predicted molar refractivity (Wildman–Crippen MR) is 145 cm³/mol. The Hall–Kier alpha value is -3.18. The van der Waals surface area contributed by atoms with Crippen molar-refractivity contribution in [3.8, 4) is 0 Å². The maximum absolute atomic E-state index is 12.9. The van der Waals surface area contributed by atoms with Gasteiger partial charge < -0.3 is 5.32 Å². The standard InChI is InChI=1S/C25H24ClN3O5S2/c1-17-4-2-5-18(12-17)15-27-29-25(31)22-14-21(26)8-9-23(22)28-24(30)20-7-3-6-19(13-20)16-35-10-11-36(32,33)34/h2-9,12-15H,10-11,16H2,1H3,(H,28,30)(H,29,31)(H,32,33,34)/b27-15+. The molecule has 0 aromatic heterocycles. The van der Waals surface area contributed by atoms with Gasteiger partial charge in [-0.15, -0.1) is 0 Å². The number of thioether (sulfide) groups is 1. The van der Waals surface area contributed by atoms with Gasteiger partial charge in [-0.3, -0.25) is 14.1 Å². The maximum atomic E-state index is 12.9. The highest BCUT2D eigenvalue weighted by atomic mass is 35.5. The highest BCUT2D eigenvalue weighted by Gasteiger charge is 2.15. The summed E-state index contributed by atoms with van der Waals surface area (Å²) in [5.74, 6) is -0.622. The van der Waals surface area contributed by atoms with Crippen LogP contribution in [0.3, 0.4) is 0 Å². The summed E-state index contributed by atoms with van der Waals surface area (Å²) < 4.78 is 30.5. The number of hydrazone groups is 1. The smallest absolute Gasteiger partial charge is 0.273 e. The summed E-state index contributed by atoms with van der Waals surface area (Å²) in [6.45, 7) is 1.95. The molecule has 0 saturated carbocycles. The van der Waals surface area contributed by atoms with Crippen LogP contribution < -0.4 is 10.7 Å². The fourth-order valence-electron chi connectivity index (χ4n) is 3.14. The maximum Gasteiger partial charge on any atom is 0.273 e. The number of halogens is 1. The van der Waals surface area contributed by atoms with Crippen molar-refractivity contribution in [2.45, 2.75) is 12.7 Å². The van der Waals surface area contributed by atoms with Crippen LogP contribution in [0.4, 0.5) is 5.69 Å². The lowest BCUT2D eigenvalue weighted by atomic mass is 10.1. The van der Waals surface area contributed by atoms with E-state index >= 15 is 0 Å². The van der Waals surface area contributed by atoms with Crippen LogP contribution >= 0.6 is 23.4 Å². The van der Waals surface area contributed by atoms with E-state index in [1.54, 1.807) is 24.3 Å². The van der Waals surface area contributed by atoms with Gasteiger partial charge in [0.25, 0.3) is 21.9 Å². The minimum atomic E-state index is -4.01. The lowest BCUT2D eigenvalue weighted by Gasteiger charge is -2.11. The topological polar surface area (TPSA) is 125 Å². The van der Waals surface area contributed by atoms with Crippen molar-refractivity contribution in [1.82, 2.24) is 5.43 Å². The van der Waals surface area contributed by atoms with Crippen LogP contribution in [0.25, 0.3) is 0 Å². The Labute approximate surface area is 218 Å². The summed E-state index contributed by atoms with van der Waals surface area (Å²) in [5.41, 5.74) is 5.92. The molecule has 0 heterocycles. The number of amides is 2. The van der Waals surface area contributed by atoms with E-state index in [1.165, 1.54) is 30.1 Å². The van der Waals surface area contributed by atoms with Crippen LogP contribution in [0.5, 0.6) is 0 Å². The fraction of sp³-hybridized carbons (Fsp3) is 0.160. The third-order valence-electron chi connectivity index (χ3n) is 4.84. The molecule has 0 radical (unpaired) electrons.